The highest BCUT2D eigenvalue weighted by Gasteiger charge is 2.54. The number of nitrogen functional groups attached to an aromatic ring is 1. The lowest BCUT2D eigenvalue weighted by Gasteiger charge is -2.49. The van der Waals surface area contributed by atoms with Crippen molar-refractivity contribution in [3.8, 4) is 0 Å². The zero-order valence-corrected chi connectivity index (χ0v) is 20.1. The number of rotatable bonds is 8. The summed E-state index contributed by atoms with van der Waals surface area (Å²) >= 11 is 5.56. The number of aliphatic carboxylic acids is 1. The van der Waals surface area contributed by atoms with Gasteiger partial charge in [-0.05, 0) is 35.0 Å². The van der Waals surface area contributed by atoms with Crippen LogP contribution in [0.25, 0.3) is 0 Å². The van der Waals surface area contributed by atoms with Crippen LogP contribution in [0.4, 0.5) is 5.69 Å². The molecule has 32 heavy (non-hydrogen) atoms. The molecule has 9 nitrogen and oxygen atoms in total. The number of amides is 2. The van der Waals surface area contributed by atoms with Crippen LogP contribution in [0.1, 0.15) is 5.56 Å². The van der Waals surface area contributed by atoms with Gasteiger partial charge in [0, 0.05) is 17.2 Å². The molecule has 1 aromatic heterocycles. The van der Waals surface area contributed by atoms with Gasteiger partial charge in [0.2, 0.25) is 11.1 Å². The van der Waals surface area contributed by atoms with Crippen molar-refractivity contribution in [2.75, 3.05) is 23.5 Å². The Morgan fingerprint density at radius 1 is 1.38 bits per heavy atom. The summed E-state index contributed by atoms with van der Waals surface area (Å²) in [5.41, 5.74) is 7.72. The number of carboxylic acid groups (broad SMARTS) is 1. The Kier molecular flexibility index (Phi) is 6.98. The molecule has 0 saturated carbocycles. The number of benzene rings is 1. The maximum absolute atomic E-state index is 12.8. The molecular weight excluding hydrogens is 491 g/mol. The van der Waals surface area contributed by atoms with E-state index in [0.29, 0.717) is 33.5 Å². The molecule has 0 aliphatic carbocycles. The maximum atomic E-state index is 12.8. The van der Waals surface area contributed by atoms with E-state index in [1.54, 1.807) is 24.3 Å². The van der Waals surface area contributed by atoms with Crippen LogP contribution in [0, 0.1) is 0 Å². The van der Waals surface area contributed by atoms with Crippen LogP contribution in [0.15, 0.2) is 45.0 Å². The van der Waals surface area contributed by atoms with E-state index in [4.69, 9.17) is 5.73 Å². The van der Waals surface area contributed by atoms with Crippen LogP contribution >= 0.6 is 46.8 Å². The Morgan fingerprint density at radius 2 is 2.16 bits per heavy atom. The molecule has 0 spiro atoms. The van der Waals surface area contributed by atoms with Crippen LogP contribution in [0.5, 0.6) is 0 Å². The number of hydrogen-bond acceptors (Lipinski definition) is 10. The minimum absolute atomic E-state index is 0.00124. The zero-order chi connectivity index (χ0) is 22.8. The molecule has 1 saturated heterocycles. The number of carboxylic acids is 1. The summed E-state index contributed by atoms with van der Waals surface area (Å²) in [5, 5.41) is 12.8. The summed E-state index contributed by atoms with van der Waals surface area (Å²) in [4.78, 5) is 42.8. The molecule has 0 radical (unpaired) electrons. The lowest BCUT2D eigenvalue weighted by atomic mass is 10.0. The first-order valence-corrected chi connectivity index (χ1v) is 13.5. The van der Waals surface area contributed by atoms with E-state index < -0.39 is 23.3 Å². The Balaban J connectivity index is 1.43. The van der Waals surface area contributed by atoms with Crippen molar-refractivity contribution < 1.29 is 19.5 Å². The van der Waals surface area contributed by atoms with Gasteiger partial charge in [0.25, 0.3) is 5.91 Å². The molecular formula is C19H19N5O4S4. The van der Waals surface area contributed by atoms with Crippen LogP contribution in [0.3, 0.4) is 0 Å². The molecule has 4 rings (SSSR count). The van der Waals surface area contributed by atoms with E-state index in [9.17, 15) is 19.5 Å². The molecule has 2 atom stereocenters. The molecule has 168 valence electrons. The van der Waals surface area contributed by atoms with Gasteiger partial charge in [-0.1, -0.05) is 41.7 Å². The number of fused-ring (bicyclic) bond motifs is 1. The number of nitrogens with two attached hydrogens (primary N) is 1. The minimum Gasteiger partial charge on any atom is -0.477 e. The number of carbonyl (C=O) groups is 3. The summed E-state index contributed by atoms with van der Waals surface area (Å²) in [6.45, 7) is 0. The third-order valence-corrected chi connectivity index (χ3v) is 8.84. The molecule has 2 aromatic rings. The third-order valence-electron chi connectivity index (χ3n) is 4.91. The van der Waals surface area contributed by atoms with Crippen molar-refractivity contribution in [3.05, 3.63) is 41.1 Å². The predicted octanol–water partition coefficient (Wildman–Crippen LogP) is 1.92. The second-order valence-electron chi connectivity index (χ2n) is 6.92. The standard InChI is InChI=1S/C19H19N5O4S4/c1-29-18-22-19(32-23-18)31-8-10-7-30-16-13(15(26)24(16)14(10)17(27)28)21-12(25)6-9-4-2-3-5-11(9)20/h2-5,13,16H,6-8,20H2,1H3,(H,21,25)(H,27,28)/t13?,16-/m1/s1. The third kappa shape index (κ3) is 4.60. The fourth-order valence-electron chi connectivity index (χ4n) is 3.37. The van der Waals surface area contributed by atoms with Crippen LogP contribution in [-0.4, -0.2) is 66.3 Å². The second-order valence-corrected chi connectivity index (χ2v) is 10.8. The molecule has 13 heteroatoms. The topological polar surface area (TPSA) is 139 Å². The summed E-state index contributed by atoms with van der Waals surface area (Å²) < 4.78 is 4.95. The number of hydrogen-bond donors (Lipinski definition) is 3. The lowest BCUT2D eigenvalue weighted by molar-refractivity contribution is -0.150. The molecule has 2 aliphatic rings. The molecule has 1 fully saturated rings. The smallest absolute Gasteiger partial charge is 0.352 e. The molecule has 1 unspecified atom stereocenters. The van der Waals surface area contributed by atoms with Gasteiger partial charge in [0.05, 0.1) is 6.42 Å². The predicted molar refractivity (Wildman–Crippen MR) is 127 cm³/mol. The second kappa shape index (κ2) is 9.73. The van der Waals surface area contributed by atoms with Crippen molar-refractivity contribution in [1.82, 2.24) is 19.6 Å². The van der Waals surface area contributed by atoms with Gasteiger partial charge >= 0.3 is 5.97 Å². The van der Waals surface area contributed by atoms with E-state index in [-0.39, 0.29) is 18.0 Å². The maximum Gasteiger partial charge on any atom is 0.352 e. The highest BCUT2D eigenvalue weighted by atomic mass is 32.2. The summed E-state index contributed by atoms with van der Waals surface area (Å²) in [6, 6.07) is 6.29. The van der Waals surface area contributed by atoms with Crippen molar-refractivity contribution in [3.63, 3.8) is 0 Å². The largest absolute Gasteiger partial charge is 0.477 e. The number of anilines is 1. The van der Waals surface area contributed by atoms with E-state index >= 15 is 0 Å². The van der Waals surface area contributed by atoms with Gasteiger partial charge in [0.1, 0.15) is 17.1 Å². The van der Waals surface area contributed by atoms with Crippen molar-refractivity contribution in [2.24, 2.45) is 0 Å². The summed E-state index contributed by atoms with van der Waals surface area (Å²) in [5.74, 6) is -1.04. The van der Waals surface area contributed by atoms with Crippen molar-refractivity contribution in [2.45, 2.75) is 27.3 Å². The highest BCUT2D eigenvalue weighted by molar-refractivity contribution is 8.02. The number of aromatic nitrogens is 2. The average molecular weight is 510 g/mol. The van der Waals surface area contributed by atoms with Crippen LogP contribution in [-0.2, 0) is 20.8 Å². The fraction of sp³-hybridized carbons (Fsp3) is 0.316. The Bertz CT molecular complexity index is 1100. The quantitative estimate of drug-likeness (QED) is 0.275. The van der Waals surface area contributed by atoms with E-state index in [1.165, 1.54) is 51.7 Å². The van der Waals surface area contributed by atoms with E-state index in [2.05, 4.69) is 14.7 Å². The van der Waals surface area contributed by atoms with Crippen LogP contribution < -0.4 is 11.1 Å². The van der Waals surface area contributed by atoms with Crippen molar-refractivity contribution >= 4 is 70.3 Å². The Labute approximate surface area is 200 Å². The number of nitrogens with one attached hydrogen (secondary N) is 1. The minimum atomic E-state index is -1.15. The SMILES string of the molecule is CSc1nsc(SCC2=C(C(=O)O)N3C(=O)C(NC(=O)Cc4ccccc4N)[C@H]3SC2)n1. The van der Waals surface area contributed by atoms with Gasteiger partial charge in [-0.25, -0.2) is 9.78 Å². The first-order valence-electron chi connectivity index (χ1n) is 9.42. The normalized spacial score (nSPS) is 20.0. The first-order chi connectivity index (χ1) is 15.4. The molecule has 1 aromatic carbocycles. The Morgan fingerprint density at radius 3 is 2.84 bits per heavy atom. The van der Waals surface area contributed by atoms with Gasteiger partial charge in [-0.15, -0.1) is 11.8 Å². The number of carbonyl (C=O) groups excluding carboxylic acids is 2. The van der Waals surface area contributed by atoms with Gasteiger partial charge in [-0.3, -0.25) is 14.5 Å². The van der Waals surface area contributed by atoms with Gasteiger partial charge in [0.15, 0.2) is 4.34 Å². The molecule has 4 N–H and O–H groups in total. The molecule has 3 heterocycles. The first kappa shape index (κ1) is 23.0. The fourth-order valence-corrected chi connectivity index (χ4v) is 7.07. The highest BCUT2D eigenvalue weighted by Crippen LogP contribution is 2.41. The number of thioether (sulfide) groups is 3. The number of para-hydroxylation sites is 1. The average Bonchev–Trinajstić information content (AvgIpc) is 3.25. The monoisotopic (exact) mass is 509 g/mol. The molecule has 0 bridgehead atoms. The number of β-lactam (4-membered cyclic amide) rings is 1. The van der Waals surface area contributed by atoms with Gasteiger partial charge in [-0.2, -0.15) is 4.37 Å². The van der Waals surface area contributed by atoms with E-state index in [0.717, 1.165) is 4.34 Å². The van der Waals surface area contributed by atoms with E-state index in [1.807, 2.05) is 6.26 Å². The lowest BCUT2D eigenvalue weighted by Crippen LogP contribution is -2.70. The summed E-state index contributed by atoms with van der Waals surface area (Å²) in [7, 11) is 0. The zero-order valence-electron chi connectivity index (χ0n) is 16.8. The van der Waals surface area contributed by atoms with Crippen molar-refractivity contribution in [1.29, 1.82) is 0 Å². The summed E-state index contributed by atoms with van der Waals surface area (Å²) in [6.07, 6.45) is 1.94. The van der Waals surface area contributed by atoms with Crippen LogP contribution in [0.2, 0.25) is 0 Å². The number of nitrogens with zero attached hydrogens (tertiary/aromatic N) is 3. The molecule has 2 amide bonds. The van der Waals surface area contributed by atoms with Gasteiger partial charge < -0.3 is 16.2 Å². The Hall–Kier alpha value is -2.22. The molecule has 2 aliphatic heterocycles.